The second-order valence-corrected chi connectivity index (χ2v) is 5.82. The maximum atomic E-state index is 12.9. The molecule has 3 rings (SSSR count). The Morgan fingerprint density at radius 3 is 2.60 bits per heavy atom. The van der Waals surface area contributed by atoms with E-state index < -0.39 is 24.3 Å². The van der Waals surface area contributed by atoms with Crippen molar-refractivity contribution in [2.75, 3.05) is 19.7 Å². The van der Waals surface area contributed by atoms with Crippen LogP contribution in [-0.2, 0) is 17.5 Å². The van der Waals surface area contributed by atoms with E-state index >= 15 is 0 Å². The van der Waals surface area contributed by atoms with Crippen molar-refractivity contribution in [2.45, 2.75) is 25.3 Å². The fourth-order valence-corrected chi connectivity index (χ4v) is 2.81. The van der Waals surface area contributed by atoms with Gasteiger partial charge in [-0.3, -0.25) is 10.00 Å². The first-order valence-electron chi connectivity index (χ1n) is 7.66. The molecular weight excluding hydrogens is 345 g/mol. The molecule has 1 aliphatic heterocycles. The molecule has 1 aromatic carbocycles. The summed E-state index contributed by atoms with van der Waals surface area (Å²) >= 11 is 0. The van der Waals surface area contributed by atoms with Crippen LogP contribution in [0.15, 0.2) is 30.5 Å². The van der Waals surface area contributed by atoms with Gasteiger partial charge < -0.3 is 4.74 Å². The third-order valence-corrected chi connectivity index (χ3v) is 4.12. The van der Waals surface area contributed by atoms with Crippen LogP contribution >= 0.6 is 0 Å². The number of ether oxygens (including phenoxy) is 1. The minimum atomic E-state index is -4.38. The Bertz CT molecular complexity index is 699. The van der Waals surface area contributed by atoms with Crippen LogP contribution in [0, 0.1) is 0 Å². The van der Waals surface area contributed by atoms with Crippen LogP contribution in [0.5, 0.6) is 0 Å². The van der Waals surface area contributed by atoms with Gasteiger partial charge in [-0.15, -0.1) is 0 Å². The first-order chi connectivity index (χ1) is 11.8. The Labute approximate surface area is 140 Å². The van der Waals surface area contributed by atoms with Crippen molar-refractivity contribution >= 4 is 0 Å². The number of H-pyrrole nitrogens is 1. The maximum absolute atomic E-state index is 12.9. The molecule has 2 aromatic rings. The molecule has 2 heterocycles. The van der Waals surface area contributed by atoms with Gasteiger partial charge in [0.2, 0.25) is 0 Å². The fraction of sp³-hybridized carbons (Fsp3) is 0.438. The van der Waals surface area contributed by atoms with Gasteiger partial charge in [-0.25, -0.2) is 8.78 Å². The topological polar surface area (TPSA) is 41.2 Å². The fourth-order valence-electron chi connectivity index (χ4n) is 2.81. The van der Waals surface area contributed by atoms with E-state index in [9.17, 15) is 22.0 Å². The van der Waals surface area contributed by atoms with Gasteiger partial charge in [-0.2, -0.15) is 18.3 Å². The monoisotopic (exact) mass is 361 g/mol. The first kappa shape index (κ1) is 17.8. The standard InChI is InChI=1S/C16H16F5N3O/c17-15(18)14-11(7-22-23-14)8-24-5-6-25-13(9-24)10-1-3-12(4-2-10)16(19,20)21/h1-4,7,13,15H,5-6,8-9H2,(H,22,23). The van der Waals surface area contributed by atoms with Crippen LogP contribution in [0.1, 0.15) is 34.9 Å². The lowest BCUT2D eigenvalue weighted by Crippen LogP contribution is -2.38. The van der Waals surface area contributed by atoms with E-state index in [1.807, 2.05) is 4.90 Å². The highest BCUT2D eigenvalue weighted by Gasteiger charge is 2.31. The van der Waals surface area contributed by atoms with E-state index in [-0.39, 0.29) is 12.2 Å². The van der Waals surface area contributed by atoms with Gasteiger partial charge in [0.15, 0.2) is 0 Å². The van der Waals surface area contributed by atoms with E-state index in [0.717, 1.165) is 12.1 Å². The molecule has 25 heavy (non-hydrogen) atoms. The molecule has 1 aliphatic rings. The number of alkyl halides is 5. The molecule has 1 atom stereocenters. The van der Waals surface area contributed by atoms with Crippen molar-refractivity contribution in [3.63, 3.8) is 0 Å². The summed E-state index contributed by atoms with van der Waals surface area (Å²) in [5, 5.41) is 5.94. The number of aromatic amines is 1. The molecule has 0 radical (unpaired) electrons. The van der Waals surface area contributed by atoms with E-state index in [2.05, 4.69) is 10.2 Å². The molecule has 0 amide bonds. The zero-order valence-electron chi connectivity index (χ0n) is 13.1. The quantitative estimate of drug-likeness (QED) is 0.839. The molecule has 0 aliphatic carbocycles. The summed E-state index contributed by atoms with van der Waals surface area (Å²) in [7, 11) is 0. The molecule has 9 heteroatoms. The highest BCUT2D eigenvalue weighted by molar-refractivity contribution is 5.26. The summed E-state index contributed by atoms with van der Waals surface area (Å²) in [6, 6.07) is 4.81. The highest BCUT2D eigenvalue weighted by atomic mass is 19.4. The van der Waals surface area contributed by atoms with Gasteiger partial charge >= 0.3 is 6.18 Å². The Morgan fingerprint density at radius 2 is 1.96 bits per heavy atom. The molecule has 0 bridgehead atoms. The predicted octanol–water partition coefficient (Wildman–Crippen LogP) is 3.94. The highest BCUT2D eigenvalue weighted by Crippen LogP contribution is 2.31. The van der Waals surface area contributed by atoms with Crippen LogP contribution in [0.4, 0.5) is 22.0 Å². The van der Waals surface area contributed by atoms with Crippen molar-refractivity contribution in [1.29, 1.82) is 0 Å². The first-order valence-corrected chi connectivity index (χ1v) is 7.66. The smallest absolute Gasteiger partial charge is 0.371 e. The number of morpholine rings is 1. The lowest BCUT2D eigenvalue weighted by molar-refractivity contribution is -0.137. The number of hydrogen-bond donors (Lipinski definition) is 1. The van der Waals surface area contributed by atoms with Crippen LogP contribution in [0.3, 0.4) is 0 Å². The van der Waals surface area contributed by atoms with E-state index in [1.54, 1.807) is 0 Å². The predicted molar refractivity (Wildman–Crippen MR) is 79.0 cm³/mol. The Balaban J connectivity index is 1.68. The number of rotatable bonds is 4. The Hall–Kier alpha value is -2.00. The molecule has 1 fully saturated rings. The largest absolute Gasteiger partial charge is 0.416 e. The molecule has 1 saturated heterocycles. The molecule has 1 N–H and O–H groups in total. The molecule has 4 nitrogen and oxygen atoms in total. The number of nitrogens with zero attached hydrogens (tertiary/aromatic N) is 2. The van der Waals surface area contributed by atoms with Gasteiger partial charge in [-0.05, 0) is 17.7 Å². The van der Waals surface area contributed by atoms with Gasteiger partial charge in [0, 0.05) is 25.2 Å². The average molecular weight is 361 g/mol. The van der Waals surface area contributed by atoms with Gasteiger partial charge in [0.25, 0.3) is 6.43 Å². The van der Waals surface area contributed by atoms with Crippen LogP contribution in [0.25, 0.3) is 0 Å². The van der Waals surface area contributed by atoms with Gasteiger partial charge in [0.05, 0.1) is 24.5 Å². The molecule has 1 unspecified atom stereocenters. The Kier molecular flexibility index (Phi) is 5.05. The number of nitrogens with one attached hydrogen (secondary N) is 1. The summed E-state index contributed by atoms with van der Waals surface area (Å²) in [5.41, 5.74) is 0.100. The van der Waals surface area contributed by atoms with Gasteiger partial charge in [0.1, 0.15) is 5.69 Å². The second-order valence-electron chi connectivity index (χ2n) is 5.82. The summed E-state index contributed by atoms with van der Waals surface area (Å²) in [4.78, 5) is 1.92. The third kappa shape index (κ3) is 4.16. The summed E-state index contributed by atoms with van der Waals surface area (Å²) in [6.07, 6.45) is -6.06. The minimum Gasteiger partial charge on any atom is -0.371 e. The summed E-state index contributed by atoms with van der Waals surface area (Å²) in [6.45, 7) is 1.59. The normalized spacial score (nSPS) is 19.5. The Morgan fingerprint density at radius 1 is 1.24 bits per heavy atom. The van der Waals surface area contributed by atoms with Crippen molar-refractivity contribution in [3.05, 3.63) is 52.8 Å². The zero-order valence-corrected chi connectivity index (χ0v) is 13.1. The van der Waals surface area contributed by atoms with Crippen molar-refractivity contribution in [1.82, 2.24) is 15.1 Å². The number of benzene rings is 1. The zero-order chi connectivity index (χ0) is 18.0. The van der Waals surface area contributed by atoms with Crippen LogP contribution < -0.4 is 0 Å². The third-order valence-electron chi connectivity index (χ3n) is 4.12. The SMILES string of the molecule is FC(F)c1[nH]ncc1CN1CCOC(c2ccc(C(F)(F)F)cc2)C1. The summed E-state index contributed by atoms with van der Waals surface area (Å²) in [5.74, 6) is 0. The summed E-state index contributed by atoms with van der Waals surface area (Å²) < 4.78 is 69.3. The second kappa shape index (κ2) is 7.09. The number of aromatic nitrogens is 2. The van der Waals surface area contributed by atoms with Crippen molar-refractivity contribution in [2.24, 2.45) is 0 Å². The minimum absolute atomic E-state index is 0.211. The van der Waals surface area contributed by atoms with E-state index in [1.165, 1.54) is 18.3 Å². The number of halogens is 5. The molecule has 0 saturated carbocycles. The van der Waals surface area contributed by atoms with Gasteiger partial charge in [-0.1, -0.05) is 12.1 Å². The molecule has 0 spiro atoms. The van der Waals surface area contributed by atoms with E-state index in [4.69, 9.17) is 4.74 Å². The maximum Gasteiger partial charge on any atom is 0.416 e. The van der Waals surface area contributed by atoms with Crippen molar-refractivity contribution in [3.8, 4) is 0 Å². The lowest BCUT2D eigenvalue weighted by atomic mass is 10.0. The number of hydrogen-bond acceptors (Lipinski definition) is 3. The molecular formula is C16H16F5N3O. The van der Waals surface area contributed by atoms with Crippen molar-refractivity contribution < 1.29 is 26.7 Å². The van der Waals surface area contributed by atoms with Crippen LogP contribution in [-0.4, -0.2) is 34.8 Å². The average Bonchev–Trinajstić information content (AvgIpc) is 3.03. The lowest BCUT2D eigenvalue weighted by Gasteiger charge is -2.33. The van der Waals surface area contributed by atoms with Crippen LogP contribution in [0.2, 0.25) is 0 Å². The molecule has 136 valence electrons. The van der Waals surface area contributed by atoms with E-state index in [0.29, 0.717) is 30.8 Å². The molecule has 1 aromatic heterocycles.